The van der Waals surface area contributed by atoms with Crippen molar-refractivity contribution in [3.63, 3.8) is 0 Å². The molecule has 1 aromatic rings. The first-order valence-corrected chi connectivity index (χ1v) is 8.14. The zero-order valence-corrected chi connectivity index (χ0v) is 12.6. The van der Waals surface area contributed by atoms with Gasteiger partial charge in [0.25, 0.3) is 0 Å². The lowest BCUT2D eigenvalue weighted by molar-refractivity contribution is 0.290. The normalized spacial score (nSPS) is 19.8. The predicted octanol–water partition coefficient (Wildman–Crippen LogP) is 3.13. The van der Waals surface area contributed by atoms with Crippen LogP contribution in [0, 0.1) is 5.82 Å². The second kappa shape index (κ2) is 5.04. The maximum atomic E-state index is 14.0. The number of hydrogen-bond acceptors (Lipinski definition) is 2. The molecule has 0 saturated carbocycles. The van der Waals surface area contributed by atoms with Gasteiger partial charge in [-0.3, -0.25) is 0 Å². The van der Waals surface area contributed by atoms with E-state index in [9.17, 15) is 12.8 Å². The summed E-state index contributed by atoms with van der Waals surface area (Å²) in [6, 6.07) is 4.03. The van der Waals surface area contributed by atoms with Crippen LogP contribution in [-0.4, -0.2) is 24.8 Å². The Balaban J connectivity index is 2.46. The highest BCUT2D eigenvalue weighted by Crippen LogP contribution is 2.34. The van der Waals surface area contributed by atoms with E-state index in [0.717, 1.165) is 12.8 Å². The zero-order chi connectivity index (χ0) is 14.3. The average molecular weight is 306 g/mol. The van der Waals surface area contributed by atoms with Crippen LogP contribution in [0.15, 0.2) is 23.1 Å². The van der Waals surface area contributed by atoms with E-state index in [1.807, 2.05) is 13.8 Å². The lowest BCUT2D eigenvalue weighted by Crippen LogP contribution is -2.42. The third kappa shape index (κ3) is 2.64. The fraction of sp³-hybridized carbons (Fsp3) is 0.538. The third-order valence-electron chi connectivity index (χ3n) is 3.54. The van der Waals surface area contributed by atoms with E-state index >= 15 is 0 Å². The number of rotatable bonds is 3. The molecule has 1 aliphatic rings. The van der Waals surface area contributed by atoms with Crippen LogP contribution in [0.25, 0.3) is 0 Å². The van der Waals surface area contributed by atoms with Crippen LogP contribution < -0.4 is 0 Å². The summed E-state index contributed by atoms with van der Waals surface area (Å²) in [7, 11) is -3.79. The zero-order valence-electron chi connectivity index (χ0n) is 11.0. The molecule has 1 saturated heterocycles. The van der Waals surface area contributed by atoms with Gasteiger partial charge in [-0.15, -0.1) is 11.6 Å². The Labute approximate surface area is 118 Å². The molecule has 19 heavy (non-hydrogen) atoms. The summed E-state index contributed by atoms with van der Waals surface area (Å²) in [5.74, 6) is -0.576. The average Bonchev–Trinajstić information content (AvgIpc) is 2.69. The van der Waals surface area contributed by atoms with E-state index in [4.69, 9.17) is 11.6 Å². The van der Waals surface area contributed by atoms with Crippen LogP contribution >= 0.6 is 11.6 Å². The highest BCUT2D eigenvalue weighted by molar-refractivity contribution is 7.89. The molecule has 0 amide bonds. The van der Waals surface area contributed by atoms with Gasteiger partial charge >= 0.3 is 0 Å². The third-order valence-corrected chi connectivity index (χ3v) is 6.00. The maximum absolute atomic E-state index is 14.0. The molecule has 1 aliphatic heterocycles. The molecule has 106 valence electrons. The van der Waals surface area contributed by atoms with E-state index < -0.39 is 21.4 Å². The molecular weight excluding hydrogens is 289 g/mol. The van der Waals surface area contributed by atoms with Gasteiger partial charge < -0.3 is 0 Å². The molecule has 1 heterocycles. The van der Waals surface area contributed by atoms with Gasteiger partial charge in [-0.2, -0.15) is 4.31 Å². The number of nitrogens with zero attached hydrogens (tertiary/aromatic N) is 1. The number of halogens is 2. The van der Waals surface area contributed by atoms with Crippen molar-refractivity contribution in [2.45, 2.75) is 43.0 Å². The van der Waals surface area contributed by atoms with Crippen LogP contribution in [0.2, 0.25) is 0 Å². The molecule has 0 radical (unpaired) electrons. The topological polar surface area (TPSA) is 37.4 Å². The maximum Gasteiger partial charge on any atom is 0.246 e. The fourth-order valence-corrected chi connectivity index (χ4v) is 4.54. The van der Waals surface area contributed by atoms with Crippen LogP contribution in [0.1, 0.15) is 32.3 Å². The molecule has 0 spiro atoms. The largest absolute Gasteiger partial charge is 0.246 e. The summed E-state index contributed by atoms with van der Waals surface area (Å²) in [5.41, 5.74) is 0.106. The Morgan fingerprint density at radius 1 is 1.42 bits per heavy atom. The smallest absolute Gasteiger partial charge is 0.207 e. The minimum atomic E-state index is -3.79. The van der Waals surface area contributed by atoms with Crippen molar-refractivity contribution in [3.05, 3.63) is 29.6 Å². The molecule has 0 aliphatic carbocycles. The first kappa shape index (κ1) is 14.8. The van der Waals surface area contributed by atoms with Gasteiger partial charge in [-0.1, -0.05) is 6.07 Å². The molecule has 0 bridgehead atoms. The van der Waals surface area contributed by atoms with Crippen LogP contribution in [0.3, 0.4) is 0 Å². The first-order chi connectivity index (χ1) is 8.79. The van der Waals surface area contributed by atoms with Crippen molar-refractivity contribution < 1.29 is 12.8 Å². The molecule has 0 N–H and O–H groups in total. The van der Waals surface area contributed by atoms with Gasteiger partial charge in [0.15, 0.2) is 0 Å². The van der Waals surface area contributed by atoms with E-state index in [1.165, 1.54) is 16.4 Å². The second-order valence-electron chi connectivity index (χ2n) is 5.39. The minimum Gasteiger partial charge on any atom is -0.207 e. The van der Waals surface area contributed by atoms with Crippen molar-refractivity contribution in [2.75, 3.05) is 6.54 Å². The van der Waals surface area contributed by atoms with Crippen molar-refractivity contribution in [1.82, 2.24) is 4.31 Å². The van der Waals surface area contributed by atoms with E-state index in [-0.39, 0.29) is 10.8 Å². The monoisotopic (exact) mass is 305 g/mol. The van der Waals surface area contributed by atoms with Crippen molar-refractivity contribution in [1.29, 1.82) is 0 Å². The fourth-order valence-electron chi connectivity index (χ4n) is 2.48. The highest BCUT2D eigenvalue weighted by Gasteiger charge is 2.41. The van der Waals surface area contributed by atoms with Gasteiger partial charge in [-0.25, -0.2) is 12.8 Å². The molecule has 0 atom stereocenters. The SMILES string of the molecule is CC1(C)CCCN1S(=O)(=O)c1ccc(CCl)cc1F. The minimum absolute atomic E-state index is 0.159. The summed E-state index contributed by atoms with van der Waals surface area (Å²) in [6.07, 6.45) is 1.58. The van der Waals surface area contributed by atoms with Crippen LogP contribution in [0.4, 0.5) is 4.39 Å². The molecule has 1 aromatic carbocycles. The molecule has 1 fully saturated rings. The summed E-state index contributed by atoms with van der Waals surface area (Å²) in [4.78, 5) is -0.267. The predicted molar refractivity (Wildman–Crippen MR) is 73.2 cm³/mol. The standard InChI is InChI=1S/C13H17ClFNO2S/c1-13(2)6-3-7-16(13)19(17,18)12-5-4-10(9-14)8-11(12)15/h4-5,8H,3,6-7,9H2,1-2H3. The molecule has 0 aromatic heterocycles. The van der Waals surface area contributed by atoms with Crippen molar-refractivity contribution in [3.8, 4) is 0 Å². The van der Waals surface area contributed by atoms with E-state index in [2.05, 4.69) is 0 Å². The Morgan fingerprint density at radius 2 is 2.11 bits per heavy atom. The second-order valence-corrected chi connectivity index (χ2v) is 7.49. The van der Waals surface area contributed by atoms with Crippen molar-refractivity contribution >= 4 is 21.6 Å². The number of alkyl halides is 1. The lowest BCUT2D eigenvalue weighted by atomic mass is 10.0. The summed E-state index contributed by atoms with van der Waals surface area (Å²) in [5, 5.41) is 0. The summed E-state index contributed by atoms with van der Waals surface area (Å²) >= 11 is 5.61. The quantitative estimate of drug-likeness (QED) is 0.805. The molecule has 6 heteroatoms. The number of sulfonamides is 1. The summed E-state index contributed by atoms with van der Waals surface area (Å²) in [6.45, 7) is 4.16. The number of benzene rings is 1. The summed E-state index contributed by atoms with van der Waals surface area (Å²) < 4.78 is 40.4. The van der Waals surface area contributed by atoms with Gasteiger partial charge in [-0.05, 0) is 44.4 Å². The van der Waals surface area contributed by atoms with Gasteiger partial charge in [0.1, 0.15) is 10.7 Å². The molecule has 2 rings (SSSR count). The van der Waals surface area contributed by atoms with Crippen LogP contribution in [-0.2, 0) is 15.9 Å². The molecule has 0 unspecified atom stereocenters. The van der Waals surface area contributed by atoms with Gasteiger partial charge in [0.2, 0.25) is 10.0 Å². The van der Waals surface area contributed by atoms with Gasteiger partial charge in [0.05, 0.1) is 0 Å². The van der Waals surface area contributed by atoms with E-state index in [1.54, 1.807) is 6.07 Å². The molecule has 3 nitrogen and oxygen atoms in total. The van der Waals surface area contributed by atoms with Crippen molar-refractivity contribution in [2.24, 2.45) is 0 Å². The Kier molecular flexibility index (Phi) is 3.91. The number of hydrogen-bond donors (Lipinski definition) is 0. The Morgan fingerprint density at radius 3 is 2.58 bits per heavy atom. The molecular formula is C13H17ClFNO2S. The first-order valence-electron chi connectivity index (χ1n) is 6.16. The van der Waals surface area contributed by atoms with Crippen LogP contribution in [0.5, 0.6) is 0 Å². The Bertz CT molecular complexity index is 586. The Hall–Kier alpha value is -0.650. The lowest BCUT2D eigenvalue weighted by Gasteiger charge is -2.30. The van der Waals surface area contributed by atoms with E-state index in [0.29, 0.717) is 12.1 Å². The highest BCUT2D eigenvalue weighted by atomic mass is 35.5. The van der Waals surface area contributed by atoms with Gasteiger partial charge in [0, 0.05) is 18.0 Å².